The third-order valence-corrected chi connectivity index (χ3v) is 3.78. The molecule has 0 fully saturated rings. The largest absolute Gasteiger partial charge is 0.345 e. The van der Waals surface area contributed by atoms with Gasteiger partial charge in [0, 0.05) is 31.0 Å². The molecule has 1 aliphatic heterocycles. The first-order valence-corrected chi connectivity index (χ1v) is 8.22. The number of aromatic nitrogens is 8. The molecule has 0 radical (unpaired) electrons. The van der Waals surface area contributed by atoms with Gasteiger partial charge in [0.05, 0.1) is 12.4 Å². The van der Waals surface area contributed by atoms with E-state index in [1.54, 1.807) is 70.8 Å². The van der Waals surface area contributed by atoms with Gasteiger partial charge in [-0.25, -0.2) is 15.0 Å². The number of amidine groups is 1. The molecule has 0 unspecified atom stereocenters. The van der Waals surface area contributed by atoms with Gasteiger partial charge in [0.15, 0.2) is 11.6 Å². The Morgan fingerprint density at radius 3 is 2.54 bits per heavy atom. The van der Waals surface area contributed by atoms with Crippen molar-refractivity contribution in [2.75, 3.05) is 15.2 Å². The maximum absolute atomic E-state index is 4.71. The zero-order chi connectivity index (χ0) is 18.8. The van der Waals surface area contributed by atoms with Crippen LogP contribution in [0.3, 0.4) is 0 Å². The SMILES string of the molecule is c1cnc(N2C(c3ccnnn3)=NN(c3ccc[nH]3)N2c2cnccn2)nc1. The van der Waals surface area contributed by atoms with Gasteiger partial charge in [0.1, 0.15) is 5.69 Å². The standard InChI is InChI=1S/C16H12N12/c1-3-13(18-5-1)27-24-15(12-4-8-22-25-23-12)26(16-20-6-2-7-21-16)28(27)14-11-17-9-10-19-14/h1-11,18H. The van der Waals surface area contributed by atoms with Gasteiger partial charge < -0.3 is 4.98 Å². The molecule has 0 spiro atoms. The minimum absolute atomic E-state index is 0.375. The van der Waals surface area contributed by atoms with Crippen LogP contribution in [-0.2, 0) is 0 Å². The lowest BCUT2D eigenvalue weighted by Gasteiger charge is -2.32. The Hall–Kier alpha value is -4.48. The Bertz CT molecular complexity index is 1070. The van der Waals surface area contributed by atoms with Crippen molar-refractivity contribution in [3.63, 3.8) is 0 Å². The Kier molecular flexibility index (Phi) is 3.76. The molecule has 0 amide bonds. The van der Waals surface area contributed by atoms with Crippen LogP contribution in [-0.4, -0.2) is 46.2 Å². The third-order valence-electron chi connectivity index (χ3n) is 3.78. The molecule has 0 saturated heterocycles. The van der Waals surface area contributed by atoms with Crippen LogP contribution in [0.2, 0.25) is 0 Å². The highest BCUT2D eigenvalue weighted by molar-refractivity contribution is 6.11. The summed E-state index contributed by atoms with van der Waals surface area (Å²) >= 11 is 0. The van der Waals surface area contributed by atoms with E-state index in [0.717, 1.165) is 0 Å². The summed E-state index contributed by atoms with van der Waals surface area (Å²) in [7, 11) is 0. The fourth-order valence-electron chi connectivity index (χ4n) is 2.64. The number of nitrogens with one attached hydrogen (secondary N) is 1. The Balaban J connectivity index is 1.72. The third kappa shape index (κ3) is 2.65. The van der Waals surface area contributed by atoms with E-state index in [-0.39, 0.29) is 0 Å². The van der Waals surface area contributed by atoms with Crippen LogP contribution < -0.4 is 15.2 Å². The van der Waals surface area contributed by atoms with E-state index in [4.69, 9.17) is 5.10 Å². The van der Waals surface area contributed by atoms with Crippen LogP contribution in [0.4, 0.5) is 17.6 Å². The molecule has 12 nitrogen and oxygen atoms in total. The molecule has 0 atom stereocenters. The summed E-state index contributed by atoms with van der Waals surface area (Å²) in [6.45, 7) is 0. The van der Waals surface area contributed by atoms with Crippen LogP contribution >= 0.6 is 0 Å². The molecule has 4 aromatic rings. The molecule has 0 saturated carbocycles. The predicted molar refractivity (Wildman–Crippen MR) is 98.7 cm³/mol. The summed E-state index contributed by atoms with van der Waals surface area (Å²) in [6, 6.07) is 7.18. The molecule has 1 N–H and O–H groups in total. The quantitative estimate of drug-likeness (QED) is 0.549. The first-order chi connectivity index (χ1) is 13.9. The van der Waals surface area contributed by atoms with Gasteiger partial charge >= 0.3 is 0 Å². The highest BCUT2D eigenvalue weighted by atomic mass is 16.0. The second kappa shape index (κ2) is 6.68. The minimum Gasteiger partial charge on any atom is -0.345 e. The molecule has 5 heterocycles. The number of aromatic amines is 1. The second-order valence-corrected chi connectivity index (χ2v) is 5.49. The zero-order valence-electron chi connectivity index (χ0n) is 14.3. The predicted octanol–water partition coefficient (Wildman–Crippen LogP) is 0.805. The van der Waals surface area contributed by atoms with Gasteiger partial charge in [0.2, 0.25) is 5.84 Å². The van der Waals surface area contributed by atoms with Gasteiger partial charge in [-0.05, 0) is 29.5 Å². The van der Waals surface area contributed by atoms with Crippen molar-refractivity contribution < 1.29 is 0 Å². The van der Waals surface area contributed by atoms with Gasteiger partial charge in [-0.2, -0.15) is 5.01 Å². The molecule has 0 bridgehead atoms. The Morgan fingerprint density at radius 2 is 1.82 bits per heavy atom. The maximum Gasteiger partial charge on any atom is 0.252 e. The molecule has 1 aliphatic rings. The van der Waals surface area contributed by atoms with Gasteiger partial charge in [0.25, 0.3) is 5.95 Å². The molecular weight excluding hydrogens is 360 g/mol. The van der Waals surface area contributed by atoms with Crippen LogP contribution in [0.1, 0.15) is 5.69 Å². The van der Waals surface area contributed by atoms with E-state index >= 15 is 0 Å². The number of hydrazine groups is 2. The van der Waals surface area contributed by atoms with Crippen molar-refractivity contribution in [3.05, 3.63) is 73.3 Å². The summed E-state index contributed by atoms with van der Waals surface area (Å²) in [5.74, 6) is 2.02. The highest BCUT2D eigenvalue weighted by Gasteiger charge is 2.39. The highest BCUT2D eigenvalue weighted by Crippen LogP contribution is 2.30. The summed E-state index contributed by atoms with van der Waals surface area (Å²) < 4.78 is 0. The van der Waals surface area contributed by atoms with Crippen molar-refractivity contribution in [2.24, 2.45) is 5.10 Å². The van der Waals surface area contributed by atoms with Gasteiger partial charge in [-0.3, -0.25) is 4.98 Å². The van der Waals surface area contributed by atoms with Crippen molar-refractivity contribution in [1.82, 2.24) is 40.3 Å². The average molecular weight is 372 g/mol. The van der Waals surface area contributed by atoms with Crippen molar-refractivity contribution in [3.8, 4) is 0 Å². The normalized spacial score (nSPS) is 13.7. The number of nitrogens with zero attached hydrogens (tertiary/aromatic N) is 11. The number of anilines is 3. The van der Waals surface area contributed by atoms with E-state index in [1.807, 2.05) is 12.1 Å². The van der Waals surface area contributed by atoms with E-state index in [9.17, 15) is 0 Å². The van der Waals surface area contributed by atoms with Gasteiger partial charge in [-0.15, -0.1) is 25.5 Å². The summed E-state index contributed by atoms with van der Waals surface area (Å²) in [5.41, 5.74) is 0.491. The molecule has 0 aromatic carbocycles. The minimum atomic E-state index is 0.375. The number of H-pyrrole nitrogens is 1. The lowest BCUT2D eigenvalue weighted by Crippen LogP contribution is -2.50. The van der Waals surface area contributed by atoms with Crippen LogP contribution in [0.5, 0.6) is 0 Å². The van der Waals surface area contributed by atoms with Crippen LogP contribution in [0, 0.1) is 0 Å². The van der Waals surface area contributed by atoms with E-state index in [0.29, 0.717) is 29.1 Å². The van der Waals surface area contributed by atoms with Crippen molar-refractivity contribution in [2.45, 2.75) is 0 Å². The van der Waals surface area contributed by atoms with Crippen molar-refractivity contribution in [1.29, 1.82) is 0 Å². The summed E-state index contributed by atoms with van der Waals surface area (Å²) in [5, 5.41) is 21.2. The number of hydrazone groups is 1. The molecule has 5 rings (SSSR count). The molecule has 136 valence electrons. The fraction of sp³-hybridized carbons (Fsp3) is 0. The molecular formula is C16H12N12. The maximum atomic E-state index is 4.71. The van der Waals surface area contributed by atoms with Crippen molar-refractivity contribution >= 4 is 23.4 Å². The second-order valence-electron chi connectivity index (χ2n) is 5.49. The lowest BCUT2D eigenvalue weighted by molar-refractivity contribution is 0.772. The van der Waals surface area contributed by atoms with Crippen LogP contribution in [0.15, 0.2) is 72.7 Å². The molecule has 0 aliphatic carbocycles. The fourth-order valence-corrected chi connectivity index (χ4v) is 2.64. The summed E-state index contributed by atoms with van der Waals surface area (Å²) in [6.07, 6.45) is 11.4. The van der Waals surface area contributed by atoms with Crippen LogP contribution in [0.25, 0.3) is 0 Å². The first kappa shape index (κ1) is 15.7. The number of hydrogen-bond donors (Lipinski definition) is 1. The molecule has 28 heavy (non-hydrogen) atoms. The average Bonchev–Trinajstić information content (AvgIpc) is 3.43. The lowest BCUT2D eigenvalue weighted by atomic mass is 10.4. The monoisotopic (exact) mass is 372 g/mol. The van der Waals surface area contributed by atoms with Gasteiger partial charge in [-0.1, -0.05) is 0 Å². The smallest absolute Gasteiger partial charge is 0.252 e. The molecule has 4 aromatic heterocycles. The number of hydrogen-bond acceptors (Lipinski definition) is 11. The Morgan fingerprint density at radius 1 is 0.893 bits per heavy atom. The first-order valence-electron chi connectivity index (χ1n) is 8.22. The Labute approximate surface area is 158 Å². The van der Waals surface area contributed by atoms with E-state index < -0.39 is 0 Å². The van der Waals surface area contributed by atoms with E-state index in [2.05, 4.69) is 40.3 Å². The summed E-state index contributed by atoms with van der Waals surface area (Å²) in [4.78, 5) is 20.5. The topological polar surface area (TPSA) is 128 Å². The number of rotatable bonds is 4. The zero-order valence-corrected chi connectivity index (χ0v) is 14.3. The molecule has 12 heteroatoms. The van der Waals surface area contributed by atoms with E-state index in [1.165, 1.54) is 0 Å².